The third-order valence-corrected chi connectivity index (χ3v) is 2.05. The van der Waals surface area contributed by atoms with E-state index in [-0.39, 0.29) is 36.0 Å². The van der Waals surface area contributed by atoms with Crippen molar-refractivity contribution in [2.45, 2.75) is 6.42 Å². The van der Waals surface area contributed by atoms with Crippen LogP contribution in [0.1, 0.15) is 5.82 Å². The Labute approximate surface area is 90.8 Å². The van der Waals surface area contributed by atoms with Crippen LogP contribution in [0.3, 0.4) is 0 Å². The van der Waals surface area contributed by atoms with Crippen LogP contribution in [0.15, 0.2) is 22.7 Å². The predicted octanol–water partition coefficient (Wildman–Crippen LogP) is 0.683. The maximum Gasteiger partial charge on any atom is 0.261 e. The standard InChI is InChI=1S/C10H10N2O4/c13-5-4-8-11-10(16-12-8)6-2-1-3-7(14)9(6)15/h1-3,13-15H,4-5H2. The van der Waals surface area contributed by atoms with Gasteiger partial charge in [0.15, 0.2) is 17.3 Å². The van der Waals surface area contributed by atoms with Crippen molar-refractivity contribution in [3.63, 3.8) is 0 Å². The molecule has 0 aliphatic heterocycles. The fraction of sp³-hybridized carbons (Fsp3) is 0.200. The molecule has 0 saturated heterocycles. The van der Waals surface area contributed by atoms with Gasteiger partial charge in [-0.2, -0.15) is 4.98 Å². The number of hydrogen-bond donors (Lipinski definition) is 3. The number of aromatic hydroxyl groups is 2. The van der Waals surface area contributed by atoms with Crippen LogP contribution in [0.4, 0.5) is 0 Å². The van der Waals surface area contributed by atoms with E-state index in [1.807, 2.05) is 0 Å². The minimum Gasteiger partial charge on any atom is -0.504 e. The van der Waals surface area contributed by atoms with Crippen LogP contribution < -0.4 is 0 Å². The lowest BCUT2D eigenvalue weighted by atomic mass is 10.2. The molecule has 2 aromatic rings. The van der Waals surface area contributed by atoms with Gasteiger partial charge in [-0.05, 0) is 12.1 Å². The Morgan fingerprint density at radius 3 is 2.81 bits per heavy atom. The molecule has 0 radical (unpaired) electrons. The highest BCUT2D eigenvalue weighted by molar-refractivity contribution is 5.66. The maximum atomic E-state index is 9.56. The van der Waals surface area contributed by atoms with Crippen molar-refractivity contribution in [1.82, 2.24) is 10.1 Å². The lowest BCUT2D eigenvalue weighted by molar-refractivity contribution is 0.293. The normalized spacial score (nSPS) is 10.6. The number of aliphatic hydroxyl groups is 1. The van der Waals surface area contributed by atoms with Gasteiger partial charge < -0.3 is 19.8 Å². The maximum absolute atomic E-state index is 9.56. The second kappa shape index (κ2) is 4.19. The van der Waals surface area contributed by atoms with Gasteiger partial charge in [0, 0.05) is 6.42 Å². The third kappa shape index (κ3) is 1.82. The van der Waals surface area contributed by atoms with E-state index in [4.69, 9.17) is 9.63 Å². The molecule has 3 N–H and O–H groups in total. The van der Waals surface area contributed by atoms with Gasteiger partial charge in [-0.15, -0.1) is 0 Å². The molecule has 16 heavy (non-hydrogen) atoms. The predicted molar refractivity (Wildman–Crippen MR) is 53.9 cm³/mol. The van der Waals surface area contributed by atoms with Crippen molar-refractivity contribution >= 4 is 0 Å². The highest BCUT2D eigenvalue weighted by atomic mass is 16.5. The molecule has 0 aliphatic carbocycles. The Morgan fingerprint density at radius 2 is 2.06 bits per heavy atom. The molecule has 6 heteroatoms. The Balaban J connectivity index is 2.39. The number of para-hydroxylation sites is 1. The topological polar surface area (TPSA) is 99.6 Å². The minimum absolute atomic E-state index is 0.0784. The van der Waals surface area contributed by atoms with Gasteiger partial charge in [-0.3, -0.25) is 0 Å². The van der Waals surface area contributed by atoms with Crippen LogP contribution in [0.5, 0.6) is 11.5 Å². The van der Waals surface area contributed by atoms with Crippen LogP contribution >= 0.6 is 0 Å². The van der Waals surface area contributed by atoms with Gasteiger partial charge in [0.1, 0.15) is 0 Å². The van der Waals surface area contributed by atoms with Gasteiger partial charge in [0.05, 0.1) is 12.2 Å². The Bertz CT molecular complexity index is 495. The summed E-state index contributed by atoms with van der Waals surface area (Å²) in [7, 11) is 0. The van der Waals surface area contributed by atoms with Crippen LogP contribution in [0, 0.1) is 0 Å². The molecule has 0 spiro atoms. The molecule has 0 saturated carbocycles. The summed E-state index contributed by atoms with van der Waals surface area (Å²) in [6.45, 7) is -0.0784. The van der Waals surface area contributed by atoms with Gasteiger partial charge in [-0.1, -0.05) is 11.2 Å². The molecule has 84 valence electrons. The first-order valence-corrected chi connectivity index (χ1v) is 4.67. The second-order valence-electron chi connectivity index (χ2n) is 3.16. The number of nitrogens with zero attached hydrogens (tertiary/aromatic N) is 2. The fourth-order valence-corrected chi connectivity index (χ4v) is 1.27. The van der Waals surface area contributed by atoms with Crippen LogP contribution in [-0.2, 0) is 6.42 Å². The van der Waals surface area contributed by atoms with Crippen LogP contribution in [0.25, 0.3) is 11.5 Å². The number of phenols is 2. The van der Waals surface area contributed by atoms with E-state index in [0.717, 1.165) is 0 Å². The lowest BCUT2D eigenvalue weighted by Crippen LogP contribution is -1.92. The van der Waals surface area contributed by atoms with E-state index in [1.165, 1.54) is 6.07 Å². The molecule has 1 aromatic carbocycles. The van der Waals surface area contributed by atoms with Gasteiger partial charge >= 0.3 is 0 Å². The van der Waals surface area contributed by atoms with Crippen LogP contribution in [-0.4, -0.2) is 32.1 Å². The summed E-state index contributed by atoms with van der Waals surface area (Å²) >= 11 is 0. The van der Waals surface area contributed by atoms with Gasteiger partial charge in [0.2, 0.25) is 0 Å². The highest BCUT2D eigenvalue weighted by Gasteiger charge is 2.14. The second-order valence-corrected chi connectivity index (χ2v) is 3.16. The number of benzene rings is 1. The molecule has 1 heterocycles. The van der Waals surface area contributed by atoms with E-state index in [2.05, 4.69) is 10.1 Å². The lowest BCUT2D eigenvalue weighted by Gasteiger charge is -2.00. The quantitative estimate of drug-likeness (QED) is 0.660. The molecule has 0 amide bonds. The zero-order chi connectivity index (χ0) is 11.5. The Hall–Kier alpha value is -2.08. The first-order valence-electron chi connectivity index (χ1n) is 4.67. The zero-order valence-electron chi connectivity index (χ0n) is 8.29. The molecule has 0 atom stereocenters. The fourth-order valence-electron chi connectivity index (χ4n) is 1.27. The van der Waals surface area contributed by atoms with Crippen molar-refractivity contribution in [1.29, 1.82) is 0 Å². The number of aromatic nitrogens is 2. The highest BCUT2D eigenvalue weighted by Crippen LogP contribution is 2.34. The van der Waals surface area contributed by atoms with E-state index in [0.29, 0.717) is 5.82 Å². The summed E-state index contributed by atoms with van der Waals surface area (Å²) < 4.78 is 4.90. The Kier molecular flexibility index (Phi) is 2.74. The molecule has 0 bridgehead atoms. The molecule has 2 rings (SSSR count). The summed E-state index contributed by atoms with van der Waals surface area (Å²) in [6.07, 6.45) is 0.281. The SMILES string of the molecule is OCCc1noc(-c2cccc(O)c2O)n1. The summed E-state index contributed by atoms with van der Waals surface area (Å²) in [5.41, 5.74) is 0.261. The first kappa shape index (κ1) is 10.4. The number of hydrogen-bond acceptors (Lipinski definition) is 6. The van der Waals surface area contributed by atoms with E-state index in [1.54, 1.807) is 12.1 Å². The van der Waals surface area contributed by atoms with E-state index < -0.39 is 0 Å². The monoisotopic (exact) mass is 222 g/mol. The van der Waals surface area contributed by atoms with Crippen molar-refractivity contribution in [2.24, 2.45) is 0 Å². The number of rotatable bonds is 3. The molecule has 0 fully saturated rings. The number of phenolic OH excluding ortho intramolecular Hbond substituents is 2. The average molecular weight is 222 g/mol. The van der Waals surface area contributed by atoms with Crippen molar-refractivity contribution in [2.75, 3.05) is 6.61 Å². The molecule has 0 aliphatic rings. The summed E-state index contributed by atoms with van der Waals surface area (Å²) in [5.74, 6) is -0.0989. The zero-order valence-corrected chi connectivity index (χ0v) is 8.29. The van der Waals surface area contributed by atoms with Crippen molar-refractivity contribution < 1.29 is 19.8 Å². The van der Waals surface area contributed by atoms with Gasteiger partial charge in [-0.25, -0.2) is 0 Å². The molecular formula is C10H10N2O4. The van der Waals surface area contributed by atoms with Crippen molar-refractivity contribution in [3.8, 4) is 23.0 Å². The summed E-state index contributed by atoms with van der Waals surface area (Å²) in [5, 5.41) is 31.2. The minimum atomic E-state index is -0.304. The number of aliphatic hydroxyl groups excluding tert-OH is 1. The molecular weight excluding hydrogens is 212 g/mol. The van der Waals surface area contributed by atoms with Crippen molar-refractivity contribution in [3.05, 3.63) is 24.0 Å². The third-order valence-electron chi connectivity index (χ3n) is 2.05. The van der Waals surface area contributed by atoms with E-state index in [9.17, 15) is 10.2 Å². The molecule has 0 unspecified atom stereocenters. The van der Waals surface area contributed by atoms with Crippen LogP contribution in [0.2, 0.25) is 0 Å². The largest absolute Gasteiger partial charge is 0.504 e. The summed E-state index contributed by atoms with van der Waals surface area (Å²) in [4.78, 5) is 3.96. The first-order chi connectivity index (χ1) is 7.72. The smallest absolute Gasteiger partial charge is 0.261 e. The van der Waals surface area contributed by atoms with Gasteiger partial charge in [0.25, 0.3) is 5.89 Å². The molecule has 1 aromatic heterocycles. The van der Waals surface area contributed by atoms with E-state index >= 15 is 0 Å². The average Bonchev–Trinajstić information content (AvgIpc) is 2.71. The summed E-state index contributed by atoms with van der Waals surface area (Å²) in [6, 6.07) is 4.45. The Morgan fingerprint density at radius 1 is 1.25 bits per heavy atom. The molecule has 6 nitrogen and oxygen atoms in total.